The largest absolute Gasteiger partial charge is 0.338 e. The highest BCUT2D eigenvalue weighted by atomic mass is 35.5. The van der Waals surface area contributed by atoms with Gasteiger partial charge in [-0.3, -0.25) is 0 Å². The van der Waals surface area contributed by atoms with Crippen LogP contribution < -0.4 is 10.2 Å². The van der Waals surface area contributed by atoms with Crippen molar-refractivity contribution in [1.82, 2.24) is 24.5 Å². The maximum Gasteiger partial charge on any atom is 0.322 e. The summed E-state index contributed by atoms with van der Waals surface area (Å²) in [6.07, 6.45) is 0. The molecule has 8 nitrogen and oxygen atoms in total. The van der Waals surface area contributed by atoms with Gasteiger partial charge in [-0.15, -0.1) is 21.5 Å². The molecule has 1 saturated heterocycles. The first kappa shape index (κ1) is 21.8. The number of fused-ring (bicyclic) bond motifs is 3. The van der Waals surface area contributed by atoms with Crippen LogP contribution >= 0.6 is 22.9 Å². The molecule has 2 aromatic carbocycles. The number of urea groups is 1. The second-order valence-corrected chi connectivity index (χ2v) is 9.90. The number of amides is 2. The number of thiophene rings is 1. The summed E-state index contributed by atoms with van der Waals surface area (Å²) in [5.74, 6) is 1.56. The van der Waals surface area contributed by atoms with Gasteiger partial charge in [-0.1, -0.05) is 35.9 Å². The van der Waals surface area contributed by atoms with Crippen LogP contribution in [0.4, 0.5) is 16.4 Å². The summed E-state index contributed by atoms with van der Waals surface area (Å²) in [4.78, 5) is 23.1. The van der Waals surface area contributed by atoms with Gasteiger partial charge in [0.1, 0.15) is 0 Å². The number of carbonyl (C=O) groups is 1. The lowest BCUT2D eigenvalue weighted by Crippen LogP contribution is -2.55. The molecular weight excluding hydrogens is 482 g/mol. The third kappa shape index (κ3) is 3.96. The topological polar surface area (TPSA) is 78.7 Å². The van der Waals surface area contributed by atoms with Gasteiger partial charge in [0.05, 0.1) is 10.4 Å². The minimum Gasteiger partial charge on any atom is -0.338 e. The Labute approximate surface area is 210 Å². The lowest BCUT2D eigenvalue weighted by molar-refractivity contribution is 0.184. The number of carbonyl (C=O) groups excluding carboxylic acids is 1. The van der Waals surface area contributed by atoms with Gasteiger partial charge in [0, 0.05) is 41.8 Å². The number of anilines is 2. The van der Waals surface area contributed by atoms with Gasteiger partial charge < -0.3 is 15.1 Å². The van der Waals surface area contributed by atoms with Crippen molar-refractivity contribution in [3.8, 4) is 10.7 Å². The highest BCUT2D eigenvalue weighted by Gasteiger charge is 2.30. The zero-order chi connectivity index (χ0) is 23.9. The maximum atomic E-state index is 13.0. The molecule has 1 aliphatic rings. The fourth-order valence-electron chi connectivity index (χ4n) is 4.55. The van der Waals surface area contributed by atoms with Crippen molar-refractivity contribution < 1.29 is 4.79 Å². The van der Waals surface area contributed by atoms with Gasteiger partial charge in [-0.2, -0.15) is 0 Å². The van der Waals surface area contributed by atoms with E-state index in [1.807, 2.05) is 70.1 Å². The lowest BCUT2D eigenvalue weighted by Gasteiger charge is -2.40. The molecule has 3 aromatic heterocycles. The second-order valence-electron chi connectivity index (χ2n) is 8.52. The van der Waals surface area contributed by atoms with Crippen LogP contribution in [0.3, 0.4) is 0 Å². The average Bonchev–Trinajstić information content (AvgIpc) is 3.54. The third-order valence-corrected chi connectivity index (χ3v) is 7.32. The number of halogens is 1. The Morgan fingerprint density at radius 3 is 2.77 bits per heavy atom. The highest BCUT2D eigenvalue weighted by molar-refractivity contribution is 7.13. The van der Waals surface area contributed by atoms with E-state index in [0.29, 0.717) is 30.3 Å². The third-order valence-electron chi connectivity index (χ3n) is 6.22. The molecule has 176 valence electrons. The molecule has 4 heterocycles. The van der Waals surface area contributed by atoms with E-state index in [1.165, 1.54) is 0 Å². The van der Waals surface area contributed by atoms with Crippen LogP contribution in [0, 0.1) is 0 Å². The predicted molar refractivity (Wildman–Crippen MR) is 140 cm³/mol. The van der Waals surface area contributed by atoms with Crippen molar-refractivity contribution in [1.29, 1.82) is 0 Å². The maximum absolute atomic E-state index is 13.0. The summed E-state index contributed by atoms with van der Waals surface area (Å²) in [5, 5.41) is 15.6. The van der Waals surface area contributed by atoms with Crippen LogP contribution in [-0.2, 0) is 0 Å². The van der Waals surface area contributed by atoms with Gasteiger partial charge in [0.15, 0.2) is 11.5 Å². The molecule has 0 saturated carbocycles. The molecule has 2 amide bonds. The SMILES string of the molecule is CC1CN(c2nc3ccccc3c3nnc(-c4cccs4)n23)CCN1C(=O)Nc1cccc(Cl)c1. The Hall–Kier alpha value is -3.69. The van der Waals surface area contributed by atoms with E-state index >= 15 is 0 Å². The number of aromatic nitrogens is 4. The van der Waals surface area contributed by atoms with E-state index in [9.17, 15) is 4.79 Å². The Morgan fingerprint density at radius 2 is 1.97 bits per heavy atom. The number of hydrogen-bond donors (Lipinski definition) is 1. The van der Waals surface area contributed by atoms with Crippen molar-refractivity contribution in [2.75, 3.05) is 29.9 Å². The highest BCUT2D eigenvalue weighted by Crippen LogP contribution is 2.31. The van der Waals surface area contributed by atoms with Gasteiger partial charge in [0.2, 0.25) is 5.95 Å². The Balaban J connectivity index is 1.33. The Kier molecular flexibility index (Phi) is 5.50. The predicted octanol–water partition coefficient (Wildman–Crippen LogP) is 5.40. The van der Waals surface area contributed by atoms with Crippen molar-refractivity contribution in [3.05, 3.63) is 71.1 Å². The Morgan fingerprint density at radius 1 is 1.09 bits per heavy atom. The first-order valence-electron chi connectivity index (χ1n) is 11.3. The summed E-state index contributed by atoms with van der Waals surface area (Å²) < 4.78 is 2.04. The number of benzene rings is 2. The summed E-state index contributed by atoms with van der Waals surface area (Å²) in [7, 11) is 0. The molecular formula is C25H22ClN7OS. The average molecular weight is 504 g/mol. The van der Waals surface area contributed by atoms with E-state index in [-0.39, 0.29) is 12.1 Å². The zero-order valence-corrected chi connectivity index (χ0v) is 20.5. The minimum atomic E-state index is -0.139. The van der Waals surface area contributed by atoms with Gasteiger partial charge in [-0.05, 0) is 48.7 Å². The van der Waals surface area contributed by atoms with Gasteiger partial charge >= 0.3 is 6.03 Å². The normalized spacial score (nSPS) is 16.2. The van der Waals surface area contributed by atoms with E-state index < -0.39 is 0 Å². The van der Waals surface area contributed by atoms with Crippen LogP contribution in [-0.4, -0.2) is 56.2 Å². The summed E-state index contributed by atoms with van der Waals surface area (Å²) in [5.41, 5.74) is 2.33. The first-order chi connectivity index (χ1) is 17.1. The minimum absolute atomic E-state index is 0.0343. The molecule has 0 radical (unpaired) electrons. The van der Waals surface area contributed by atoms with Crippen LogP contribution in [0.25, 0.3) is 27.3 Å². The number of hydrogen-bond acceptors (Lipinski definition) is 6. The Bertz CT molecular complexity index is 1530. The molecule has 0 spiro atoms. The van der Waals surface area contributed by atoms with Crippen molar-refractivity contribution >= 4 is 57.2 Å². The zero-order valence-electron chi connectivity index (χ0n) is 18.9. The molecule has 1 aliphatic heterocycles. The van der Waals surface area contributed by atoms with Crippen LogP contribution in [0.15, 0.2) is 66.0 Å². The van der Waals surface area contributed by atoms with Crippen molar-refractivity contribution in [2.45, 2.75) is 13.0 Å². The molecule has 0 aliphatic carbocycles. The molecule has 0 bridgehead atoms. The first-order valence-corrected chi connectivity index (χ1v) is 12.6. The van der Waals surface area contributed by atoms with Gasteiger partial charge in [-0.25, -0.2) is 14.2 Å². The standard InChI is InChI=1S/C25H22ClN7OS/c1-16-15-31(11-12-32(16)25(34)27-18-7-4-6-17(26)14-18)24-28-20-9-3-2-8-19(20)22-29-30-23(33(22)24)21-10-5-13-35-21/h2-10,13-14,16H,11-12,15H2,1H3,(H,27,34). The van der Waals surface area contributed by atoms with Crippen LogP contribution in [0.2, 0.25) is 5.02 Å². The van der Waals surface area contributed by atoms with Crippen LogP contribution in [0.5, 0.6) is 0 Å². The summed E-state index contributed by atoms with van der Waals surface area (Å²) >= 11 is 7.69. The smallest absolute Gasteiger partial charge is 0.322 e. The molecule has 1 N–H and O–H groups in total. The van der Waals surface area contributed by atoms with Gasteiger partial charge in [0.25, 0.3) is 0 Å². The van der Waals surface area contributed by atoms with Crippen LogP contribution in [0.1, 0.15) is 6.92 Å². The van der Waals surface area contributed by atoms with E-state index in [4.69, 9.17) is 16.6 Å². The van der Waals surface area contributed by atoms with Crippen molar-refractivity contribution in [3.63, 3.8) is 0 Å². The second kappa shape index (κ2) is 8.83. The lowest BCUT2D eigenvalue weighted by atomic mass is 10.2. The van der Waals surface area contributed by atoms with E-state index in [0.717, 1.165) is 33.2 Å². The fourth-order valence-corrected chi connectivity index (χ4v) is 5.43. The fraction of sp³-hybridized carbons (Fsp3) is 0.200. The summed E-state index contributed by atoms with van der Waals surface area (Å²) in [6.45, 7) is 3.87. The van der Waals surface area contributed by atoms with E-state index in [2.05, 4.69) is 20.4 Å². The summed E-state index contributed by atoms with van der Waals surface area (Å²) in [6, 6.07) is 19.0. The number of para-hydroxylation sites is 1. The number of nitrogens with one attached hydrogen (secondary N) is 1. The monoisotopic (exact) mass is 503 g/mol. The molecule has 5 aromatic rings. The quantitative estimate of drug-likeness (QED) is 0.356. The molecule has 1 unspecified atom stereocenters. The molecule has 10 heteroatoms. The number of nitrogens with zero attached hydrogens (tertiary/aromatic N) is 6. The van der Waals surface area contributed by atoms with E-state index in [1.54, 1.807) is 23.5 Å². The molecule has 1 fully saturated rings. The number of piperazine rings is 1. The molecule has 6 rings (SSSR count). The molecule has 35 heavy (non-hydrogen) atoms. The molecule has 1 atom stereocenters. The van der Waals surface area contributed by atoms with Crippen molar-refractivity contribution in [2.24, 2.45) is 0 Å². The number of rotatable bonds is 3.